The number of nitrogens with zero attached hydrogens (tertiary/aromatic N) is 1. The van der Waals surface area contributed by atoms with Crippen molar-refractivity contribution >= 4 is 29.5 Å². The normalized spacial score (nSPS) is 22.2. The number of nitrogens with one attached hydrogen (secondary N) is 1. The molecule has 0 radical (unpaired) electrons. The highest BCUT2D eigenvalue weighted by Crippen LogP contribution is 2.37. The van der Waals surface area contributed by atoms with Gasteiger partial charge in [-0.15, -0.1) is 11.8 Å². The molecule has 2 amide bonds. The van der Waals surface area contributed by atoms with Gasteiger partial charge in [0.25, 0.3) is 5.91 Å². The number of aromatic hydroxyl groups is 2. The number of fused-ring (bicyclic) bond motifs is 1. The summed E-state index contributed by atoms with van der Waals surface area (Å²) in [5.74, 6) is -2.00. The molecule has 2 aliphatic rings. The van der Waals surface area contributed by atoms with Crippen LogP contribution in [0.15, 0.2) is 30.0 Å². The number of hydrogen-bond donors (Lipinski definition) is 4. The van der Waals surface area contributed by atoms with Gasteiger partial charge in [-0.2, -0.15) is 0 Å². The van der Waals surface area contributed by atoms with E-state index < -0.39 is 29.2 Å². The summed E-state index contributed by atoms with van der Waals surface area (Å²) in [5, 5.41) is 30.1. The molecule has 1 aromatic carbocycles. The van der Waals surface area contributed by atoms with Gasteiger partial charge in [0.05, 0.1) is 6.42 Å². The van der Waals surface area contributed by atoms with Crippen LogP contribution in [0.25, 0.3) is 0 Å². The fourth-order valence-electron chi connectivity index (χ4n) is 2.64. The second-order valence-electron chi connectivity index (χ2n) is 5.36. The lowest BCUT2D eigenvalue weighted by atomic mass is 10.0. The minimum absolute atomic E-state index is 0.0644. The van der Waals surface area contributed by atoms with Gasteiger partial charge in [-0.05, 0) is 12.1 Å². The first-order valence-electron chi connectivity index (χ1n) is 7.07. The third-order valence-electron chi connectivity index (χ3n) is 3.80. The largest absolute Gasteiger partial charge is 0.508 e. The highest BCUT2D eigenvalue weighted by Gasteiger charge is 2.52. The lowest BCUT2D eigenvalue weighted by Crippen LogP contribution is -2.70. The van der Waals surface area contributed by atoms with Crippen LogP contribution < -0.4 is 5.32 Å². The average Bonchev–Trinajstić information content (AvgIpc) is 2.54. The van der Waals surface area contributed by atoms with Crippen LogP contribution in [0.2, 0.25) is 0 Å². The number of carbonyl (C=O) groups excluding carboxylic acids is 2. The molecular weight excluding hydrogens is 336 g/mol. The number of amides is 2. The number of carbonyl (C=O) groups is 3. The third-order valence-corrected chi connectivity index (χ3v) is 4.99. The molecule has 4 N–H and O–H groups in total. The second kappa shape index (κ2) is 6.08. The van der Waals surface area contributed by atoms with E-state index in [1.807, 2.05) is 0 Å². The Morgan fingerprint density at radius 2 is 2.08 bits per heavy atom. The first-order valence-corrected chi connectivity index (χ1v) is 8.11. The Balaban J connectivity index is 1.65. The lowest BCUT2D eigenvalue weighted by Gasteiger charge is -2.48. The standard InChI is InChI=1S/C15H14N2O6S/c18-8-2-1-7(10(19)6-8)5-11(20)16-12-13(21)17-9(15(22)23)3-4-24-14(12)17/h1-3,6,12,14,18-19H,4-5H2,(H,16,20)(H,22,23)/t12?,14-/m0/s1. The molecule has 2 heterocycles. The van der Waals surface area contributed by atoms with Crippen LogP contribution in [0.1, 0.15) is 5.56 Å². The molecular formula is C15H14N2O6S. The molecule has 8 nitrogen and oxygen atoms in total. The number of carboxylic acid groups (broad SMARTS) is 1. The minimum Gasteiger partial charge on any atom is -0.508 e. The van der Waals surface area contributed by atoms with Crippen molar-refractivity contribution in [2.24, 2.45) is 0 Å². The van der Waals surface area contributed by atoms with Gasteiger partial charge in [-0.1, -0.05) is 6.07 Å². The van der Waals surface area contributed by atoms with Crippen molar-refractivity contribution in [1.29, 1.82) is 0 Å². The first kappa shape index (κ1) is 16.2. The first-order chi connectivity index (χ1) is 11.4. The molecule has 1 saturated heterocycles. The number of rotatable bonds is 4. The van der Waals surface area contributed by atoms with Crippen molar-refractivity contribution in [3.63, 3.8) is 0 Å². The van der Waals surface area contributed by atoms with Gasteiger partial charge in [0.1, 0.15) is 28.6 Å². The van der Waals surface area contributed by atoms with Gasteiger partial charge in [0, 0.05) is 17.4 Å². The van der Waals surface area contributed by atoms with E-state index in [-0.39, 0.29) is 23.6 Å². The fraction of sp³-hybridized carbons (Fsp3) is 0.267. The zero-order chi connectivity index (χ0) is 17.4. The number of phenols is 2. The molecule has 1 unspecified atom stereocenters. The summed E-state index contributed by atoms with van der Waals surface area (Å²) in [4.78, 5) is 36.5. The number of phenolic OH excluding ortho intramolecular Hbond substituents is 2. The van der Waals surface area contributed by atoms with Gasteiger partial charge in [-0.3, -0.25) is 14.5 Å². The van der Waals surface area contributed by atoms with Gasteiger partial charge in [0.2, 0.25) is 5.91 Å². The monoisotopic (exact) mass is 350 g/mol. The molecule has 3 rings (SSSR count). The third kappa shape index (κ3) is 2.78. The van der Waals surface area contributed by atoms with Crippen molar-refractivity contribution < 1.29 is 29.7 Å². The summed E-state index contributed by atoms with van der Waals surface area (Å²) >= 11 is 1.37. The van der Waals surface area contributed by atoms with E-state index >= 15 is 0 Å². The van der Waals surface area contributed by atoms with E-state index in [9.17, 15) is 24.6 Å². The SMILES string of the molecule is O=C(Cc1ccc(O)cc1O)NC1C(=O)N2C(C(=O)O)=CCS[C@@H]12. The highest BCUT2D eigenvalue weighted by atomic mass is 32.2. The van der Waals surface area contributed by atoms with E-state index in [2.05, 4.69) is 5.32 Å². The van der Waals surface area contributed by atoms with Crippen LogP contribution in [0.5, 0.6) is 11.5 Å². The van der Waals surface area contributed by atoms with Crippen LogP contribution in [-0.4, -0.2) is 55.2 Å². The molecule has 1 fully saturated rings. The Hall–Kier alpha value is -2.68. The predicted molar refractivity (Wildman–Crippen MR) is 84.2 cm³/mol. The van der Waals surface area contributed by atoms with Crippen molar-refractivity contribution in [3.8, 4) is 11.5 Å². The lowest BCUT2D eigenvalue weighted by molar-refractivity contribution is -0.150. The van der Waals surface area contributed by atoms with Crippen molar-refractivity contribution in [1.82, 2.24) is 10.2 Å². The van der Waals surface area contributed by atoms with Gasteiger partial charge in [0.15, 0.2) is 0 Å². The Morgan fingerprint density at radius 1 is 1.33 bits per heavy atom. The zero-order valence-electron chi connectivity index (χ0n) is 12.3. The highest BCUT2D eigenvalue weighted by molar-refractivity contribution is 8.00. The smallest absolute Gasteiger partial charge is 0.352 e. The molecule has 9 heteroatoms. The molecule has 0 aliphatic carbocycles. The summed E-state index contributed by atoms with van der Waals surface area (Å²) in [6.45, 7) is 0. The van der Waals surface area contributed by atoms with Gasteiger partial charge < -0.3 is 20.6 Å². The zero-order valence-corrected chi connectivity index (χ0v) is 13.1. The van der Waals surface area contributed by atoms with Crippen LogP contribution in [0.3, 0.4) is 0 Å². The number of aliphatic carboxylic acids is 1. The van der Waals surface area contributed by atoms with Crippen molar-refractivity contribution in [3.05, 3.63) is 35.5 Å². The van der Waals surface area contributed by atoms with E-state index in [0.717, 1.165) is 6.07 Å². The molecule has 0 saturated carbocycles. The summed E-state index contributed by atoms with van der Waals surface area (Å²) in [6, 6.07) is 3.10. The van der Waals surface area contributed by atoms with Crippen molar-refractivity contribution in [2.75, 3.05) is 5.75 Å². The van der Waals surface area contributed by atoms with E-state index in [1.54, 1.807) is 0 Å². The maximum absolute atomic E-state index is 12.1. The summed E-state index contributed by atoms with van der Waals surface area (Å²) < 4.78 is 0. The minimum atomic E-state index is -1.17. The maximum atomic E-state index is 12.1. The maximum Gasteiger partial charge on any atom is 0.352 e. The summed E-state index contributed by atoms with van der Waals surface area (Å²) in [7, 11) is 0. The Bertz CT molecular complexity index is 762. The Kier molecular flexibility index (Phi) is 4.10. The van der Waals surface area contributed by atoms with Crippen LogP contribution in [0, 0.1) is 0 Å². The molecule has 126 valence electrons. The molecule has 0 aromatic heterocycles. The van der Waals surface area contributed by atoms with E-state index in [0.29, 0.717) is 11.3 Å². The molecule has 1 aromatic rings. The molecule has 2 aliphatic heterocycles. The molecule has 2 atom stereocenters. The summed E-state index contributed by atoms with van der Waals surface area (Å²) in [5.41, 5.74) is 0.252. The number of benzene rings is 1. The summed E-state index contributed by atoms with van der Waals surface area (Å²) in [6.07, 6.45) is 1.31. The number of hydrogen-bond acceptors (Lipinski definition) is 6. The fourth-order valence-corrected chi connectivity index (χ4v) is 3.83. The Morgan fingerprint density at radius 3 is 2.75 bits per heavy atom. The number of β-lactam (4-membered cyclic amide) rings is 1. The van der Waals surface area contributed by atoms with Crippen LogP contribution in [0.4, 0.5) is 0 Å². The molecule has 0 bridgehead atoms. The van der Waals surface area contributed by atoms with Crippen LogP contribution in [-0.2, 0) is 20.8 Å². The van der Waals surface area contributed by atoms with Crippen molar-refractivity contribution in [2.45, 2.75) is 17.8 Å². The predicted octanol–water partition coefficient (Wildman–Crippen LogP) is 0.00870. The molecule has 0 spiro atoms. The Labute approximate surface area is 140 Å². The van der Waals surface area contributed by atoms with Gasteiger partial charge >= 0.3 is 5.97 Å². The molecule has 24 heavy (non-hydrogen) atoms. The quantitative estimate of drug-likeness (QED) is 0.563. The average molecular weight is 350 g/mol. The number of thioether (sulfide) groups is 1. The number of carboxylic acids is 1. The van der Waals surface area contributed by atoms with Crippen LogP contribution >= 0.6 is 11.8 Å². The van der Waals surface area contributed by atoms with Gasteiger partial charge in [-0.25, -0.2) is 4.79 Å². The second-order valence-corrected chi connectivity index (χ2v) is 6.51. The van der Waals surface area contributed by atoms with E-state index in [1.165, 1.54) is 34.9 Å². The topological polar surface area (TPSA) is 127 Å². The van der Waals surface area contributed by atoms with E-state index in [4.69, 9.17) is 5.11 Å².